The summed E-state index contributed by atoms with van der Waals surface area (Å²) in [7, 11) is 0. The largest absolute Gasteiger partial charge is 0.288 e. The predicted molar refractivity (Wildman–Crippen MR) is 80.3 cm³/mol. The summed E-state index contributed by atoms with van der Waals surface area (Å²) in [6.07, 6.45) is 1.66. The lowest BCUT2D eigenvalue weighted by atomic mass is 9.99. The Bertz CT molecular complexity index is 706. The van der Waals surface area contributed by atoms with Crippen LogP contribution in [0, 0.1) is 25.2 Å². The highest BCUT2D eigenvalue weighted by Gasteiger charge is 2.12. The molecule has 0 aliphatic heterocycles. The number of hydrogen-bond donors (Lipinski definition) is 0. The van der Waals surface area contributed by atoms with Gasteiger partial charge in [0, 0.05) is 5.56 Å². The standard InChI is InChI=1S/C18H15NO/c1-13-8-9-14(2)16(10-13)11-17(12-19)18(20)15-6-4-3-5-7-15/h3-11H,1-2H3/b17-11+. The van der Waals surface area contributed by atoms with E-state index < -0.39 is 0 Å². The number of carbonyl (C=O) groups excluding carboxylic acids is 1. The van der Waals surface area contributed by atoms with E-state index in [9.17, 15) is 10.1 Å². The number of hydrogen-bond acceptors (Lipinski definition) is 2. The minimum Gasteiger partial charge on any atom is -0.288 e. The fourth-order valence-electron chi connectivity index (χ4n) is 1.96. The Morgan fingerprint density at radius 1 is 1.10 bits per heavy atom. The molecule has 0 bridgehead atoms. The average Bonchev–Trinajstić information content (AvgIpc) is 2.48. The van der Waals surface area contributed by atoms with E-state index in [1.165, 1.54) is 0 Å². The molecular weight excluding hydrogens is 246 g/mol. The van der Waals surface area contributed by atoms with Gasteiger partial charge in [-0.25, -0.2) is 0 Å². The number of Topliss-reactive ketones (excluding diaryl/α,β-unsaturated/α-hetero) is 1. The maximum atomic E-state index is 12.3. The molecule has 0 atom stereocenters. The molecular formula is C18H15NO. The summed E-state index contributed by atoms with van der Waals surface area (Å²) in [6, 6.07) is 16.9. The first kappa shape index (κ1) is 13.8. The number of nitrogens with zero attached hydrogens (tertiary/aromatic N) is 1. The van der Waals surface area contributed by atoms with Crippen molar-refractivity contribution in [3.63, 3.8) is 0 Å². The van der Waals surface area contributed by atoms with Crippen molar-refractivity contribution in [3.05, 3.63) is 76.4 Å². The second-order valence-electron chi connectivity index (χ2n) is 4.73. The summed E-state index contributed by atoms with van der Waals surface area (Å²) in [5.74, 6) is -0.242. The second-order valence-corrected chi connectivity index (χ2v) is 4.73. The van der Waals surface area contributed by atoms with E-state index in [4.69, 9.17) is 0 Å². The van der Waals surface area contributed by atoms with Gasteiger partial charge in [0.15, 0.2) is 0 Å². The van der Waals surface area contributed by atoms with Crippen molar-refractivity contribution in [1.29, 1.82) is 5.26 Å². The van der Waals surface area contributed by atoms with Crippen molar-refractivity contribution in [2.75, 3.05) is 0 Å². The van der Waals surface area contributed by atoms with Crippen molar-refractivity contribution < 1.29 is 4.79 Å². The number of benzene rings is 2. The third-order valence-corrected chi connectivity index (χ3v) is 3.14. The molecule has 2 nitrogen and oxygen atoms in total. The molecule has 0 saturated carbocycles. The van der Waals surface area contributed by atoms with Gasteiger partial charge in [-0.05, 0) is 31.1 Å². The number of allylic oxidation sites excluding steroid dienone is 1. The lowest BCUT2D eigenvalue weighted by Gasteiger charge is -2.04. The summed E-state index contributed by atoms with van der Waals surface area (Å²) in [4.78, 5) is 12.3. The highest BCUT2D eigenvalue weighted by atomic mass is 16.1. The van der Waals surface area contributed by atoms with Gasteiger partial charge >= 0.3 is 0 Å². The zero-order chi connectivity index (χ0) is 14.5. The van der Waals surface area contributed by atoms with Crippen LogP contribution in [0.15, 0.2) is 54.1 Å². The van der Waals surface area contributed by atoms with Gasteiger partial charge in [0.1, 0.15) is 11.6 Å². The van der Waals surface area contributed by atoms with Crippen LogP contribution in [-0.2, 0) is 0 Å². The molecule has 0 aliphatic rings. The smallest absolute Gasteiger partial charge is 0.203 e. The minimum atomic E-state index is -0.242. The van der Waals surface area contributed by atoms with E-state index in [1.54, 1.807) is 30.3 Å². The summed E-state index contributed by atoms with van der Waals surface area (Å²) >= 11 is 0. The van der Waals surface area contributed by atoms with Crippen molar-refractivity contribution >= 4 is 11.9 Å². The molecule has 0 saturated heterocycles. The molecule has 20 heavy (non-hydrogen) atoms. The molecule has 0 fully saturated rings. The van der Waals surface area contributed by atoms with Crippen LogP contribution >= 0.6 is 0 Å². The van der Waals surface area contributed by atoms with Gasteiger partial charge in [0.05, 0.1) is 0 Å². The van der Waals surface area contributed by atoms with Crippen molar-refractivity contribution in [2.45, 2.75) is 13.8 Å². The van der Waals surface area contributed by atoms with Crippen LogP contribution in [0.3, 0.4) is 0 Å². The van der Waals surface area contributed by atoms with Gasteiger partial charge in [-0.15, -0.1) is 0 Å². The van der Waals surface area contributed by atoms with Crippen LogP contribution in [0.2, 0.25) is 0 Å². The van der Waals surface area contributed by atoms with Crippen LogP contribution in [0.4, 0.5) is 0 Å². The number of ketones is 1. The summed E-state index contributed by atoms with van der Waals surface area (Å²) < 4.78 is 0. The van der Waals surface area contributed by atoms with Crippen LogP contribution < -0.4 is 0 Å². The molecule has 0 heterocycles. The van der Waals surface area contributed by atoms with Gasteiger partial charge < -0.3 is 0 Å². The first-order valence-electron chi connectivity index (χ1n) is 6.40. The molecule has 2 rings (SSSR count). The zero-order valence-electron chi connectivity index (χ0n) is 11.6. The van der Waals surface area contributed by atoms with Gasteiger partial charge in [-0.2, -0.15) is 5.26 Å². The van der Waals surface area contributed by atoms with Gasteiger partial charge in [-0.1, -0.05) is 54.1 Å². The van der Waals surface area contributed by atoms with Gasteiger partial charge in [0.25, 0.3) is 0 Å². The maximum Gasteiger partial charge on any atom is 0.203 e. The van der Waals surface area contributed by atoms with Crippen LogP contribution in [-0.4, -0.2) is 5.78 Å². The fraction of sp³-hybridized carbons (Fsp3) is 0.111. The number of rotatable bonds is 3. The Morgan fingerprint density at radius 3 is 2.45 bits per heavy atom. The van der Waals surface area contributed by atoms with Crippen LogP contribution in [0.1, 0.15) is 27.0 Å². The Kier molecular flexibility index (Phi) is 4.12. The Balaban J connectivity index is 2.43. The van der Waals surface area contributed by atoms with E-state index in [-0.39, 0.29) is 11.4 Å². The Hall–Kier alpha value is -2.66. The number of aryl methyl sites for hydroxylation is 2. The predicted octanol–water partition coefficient (Wildman–Crippen LogP) is 4.09. The SMILES string of the molecule is Cc1ccc(C)c(/C=C(\C#N)C(=O)c2ccccc2)c1. The van der Waals surface area contributed by atoms with E-state index >= 15 is 0 Å². The average molecular weight is 261 g/mol. The molecule has 2 aromatic carbocycles. The lowest BCUT2D eigenvalue weighted by Crippen LogP contribution is -2.01. The molecule has 2 heteroatoms. The maximum absolute atomic E-state index is 12.3. The minimum absolute atomic E-state index is 0.157. The number of nitriles is 1. The quantitative estimate of drug-likeness (QED) is 0.474. The monoisotopic (exact) mass is 261 g/mol. The molecule has 0 N–H and O–H groups in total. The van der Waals surface area contributed by atoms with E-state index in [0.717, 1.165) is 16.7 Å². The third-order valence-electron chi connectivity index (χ3n) is 3.14. The molecule has 0 aliphatic carbocycles. The summed E-state index contributed by atoms with van der Waals surface area (Å²) in [5.41, 5.74) is 3.75. The van der Waals surface area contributed by atoms with Crippen molar-refractivity contribution in [3.8, 4) is 6.07 Å². The van der Waals surface area contributed by atoms with E-state index in [1.807, 2.05) is 44.2 Å². The molecule has 0 aromatic heterocycles. The van der Waals surface area contributed by atoms with Crippen LogP contribution in [0.5, 0.6) is 0 Å². The molecule has 0 spiro atoms. The Morgan fingerprint density at radius 2 is 1.80 bits per heavy atom. The lowest BCUT2D eigenvalue weighted by molar-refractivity contribution is 0.104. The first-order valence-corrected chi connectivity index (χ1v) is 6.40. The molecule has 98 valence electrons. The topological polar surface area (TPSA) is 40.9 Å². The van der Waals surface area contributed by atoms with Crippen LogP contribution in [0.25, 0.3) is 6.08 Å². The molecule has 0 radical (unpaired) electrons. The molecule has 0 unspecified atom stereocenters. The van der Waals surface area contributed by atoms with E-state index in [0.29, 0.717) is 5.56 Å². The molecule has 0 amide bonds. The zero-order valence-corrected chi connectivity index (χ0v) is 11.6. The summed E-state index contributed by atoms with van der Waals surface area (Å²) in [5, 5.41) is 9.24. The Labute approximate surface area is 119 Å². The highest BCUT2D eigenvalue weighted by Crippen LogP contribution is 2.17. The fourth-order valence-corrected chi connectivity index (χ4v) is 1.96. The van der Waals surface area contributed by atoms with Gasteiger partial charge in [0.2, 0.25) is 5.78 Å². The highest BCUT2D eigenvalue weighted by molar-refractivity contribution is 6.14. The normalized spacial score (nSPS) is 10.9. The van der Waals surface area contributed by atoms with Crippen molar-refractivity contribution in [2.24, 2.45) is 0 Å². The molecule has 2 aromatic rings. The second kappa shape index (κ2) is 5.99. The van der Waals surface area contributed by atoms with E-state index in [2.05, 4.69) is 0 Å². The number of carbonyl (C=O) groups is 1. The third kappa shape index (κ3) is 3.02. The van der Waals surface area contributed by atoms with Gasteiger partial charge in [-0.3, -0.25) is 4.79 Å². The summed E-state index contributed by atoms with van der Waals surface area (Å²) in [6.45, 7) is 3.95. The van der Waals surface area contributed by atoms with Crippen molar-refractivity contribution in [1.82, 2.24) is 0 Å². The first-order chi connectivity index (χ1) is 9.61.